The van der Waals surface area contributed by atoms with Crippen LogP contribution >= 0.6 is 9.24 Å². The molecule has 0 aromatic heterocycles. The first-order chi connectivity index (χ1) is 11.7. The molecule has 1 aromatic rings. The summed E-state index contributed by atoms with van der Waals surface area (Å²) in [6, 6.07) is 11.1. The molecule has 0 radical (unpaired) electrons. The van der Waals surface area contributed by atoms with E-state index in [4.69, 9.17) is 0 Å². The lowest BCUT2D eigenvalue weighted by atomic mass is 9.79. The van der Waals surface area contributed by atoms with Crippen LogP contribution in [-0.4, -0.2) is 10.6 Å². The van der Waals surface area contributed by atoms with Crippen molar-refractivity contribution in [3.8, 4) is 0 Å². The van der Waals surface area contributed by atoms with Gasteiger partial charge in [-0.3, -0.25) is 0 Å². The van der Waals surface area contributed by atoms with Gasteiger partial charge in [0.15, 0.2) is 0 Å². The second-order valence-electron chi connectivity index (χ2n) is 7.59. The highest BCUT2D eigenvalue weighted by molar-refractivity contribution is 7.19. The van der Waals surface area contributed by atoms with Gasteiger partial charge >= 0.3 is 0 Å². The van der Waals surface area contributed by atoms with Crippen molar-refractivity contribution < 1.29 is 5.48 Å². The Bertz CT molecular complexity index is 400. The van der Waals surface area contributed by atoms with E-state index in [0.29, 0.717) is 5.16 Å². The molecule has 2 heteroatoms. The minimum absolute atomic E-state index is 0. The highest BCUT2D eigenvalue weighted by Gasteiger charge is 2.30. The predicted molar refractivity (Wildman–Crippen MR) is 117 cm³/mol. The van der Waals surface area contributed by atoms with Gasteiger partial charge in [0.2, 0.25) is 0 Å². The molecule has 0 aliphatic heterocycles. The van der Waals surface area contributed by atoms with Crippen LogP contribution in [0.4, 0.5) is 0 Å². The Morgan fingerprint density at radius 3 is 1.84 bits per heavy atom. The molecule has 25 heavy (non-hydrogen) atoms. The van der Waals surface area contributed by atoms with E-state index >= 15 is 0 Å². The standard InChI is InChI=1S/C23H41P.H2O/c1-4-7-8-9-10-11-12-16-19-22(23(24,5-2)6-3)20-21-17-14-13-15-18-21;/h13-15,17-18,22H,4-12,16,19-20,24H2,1-3H3;1H2. The maximum Gasteiger partial charge on any atom is -0.0124 e. The summed E-state index contributed by atoms with van der Waals surface area (Å²) in [4.78, 5) is 0. The van der Waals surface area contributed by atoms with Gasteiger partial charge < -0.3 is 5.48 Å². The molecule has 2 atom stereocenters. The zero-order chi connectivity index (χ0) is 17.7. The average molecular weight is 367 g/mol. The first-order valence-electron chi connectivity index (χ1n) is 10.5. The van der Waals surface area contributed by atoms with Crippen molar-refractivity contribution in [3.63, 3.8) is 0 Å². The number of hydrogen-bond acceptors (Lipinski definition) is 0. The Morgan fingerprint density at radius 2 is 1.32 bits per heavy atom. The number of rotatable bonds is 14. The van der Waals surface area contributed by atoms with Gasteiger partial charge in [-0.25, -0.2) is 0 Å². The summed E-state index contributed by atoms with van der Waals surface area (Å²) in [5, 5.41) is 0.414. The lowest BCUT2D eigenvalue weighted by molar-refractivity contribution is 0.320. The fourth-order valence-electron chi connectivity index (χ4n) is 3.84. The van der Waals surface area contributed by atoms with Crippen LogP contribution in [0.3, 0.4) is 0 Å². The van der Waals surface area contributed by atoms with Gasteiger partial charge in [0.1, 0.15) is 0 Å². The molecular weight excluding hydrogens is 323 g/mol. The predicted octanol–water partition coefficient (Wildman–Crippen LogP) is 6.99. The van der Waals surface area contributed by atoms with Gasteiger partial charge in [0.25, 0.3) is 0 Å². The third kappa shape index (κ3) is 9.76. The van der Waals surface area contributed by atoms with Gasteiger partial charge in [-0.2, -0.15) is 0 Å². The normalized spacial score (nSPS) is 12.6. The molecule has 146 valence electrons. The van der Waals surface area contributed by atoms with Gasteiger partial charge in [-0.1, -0.05) is 102 Å². The number of benzene rings is 1. The monoisotopic (exact) mass is 366 g/mol. The molecule has 0 spiro atoms. The molecular formula is C23H43OP. The van der Waals surface area contributed by atoms with Crippen molar-refractivity contribution in [1.29, 1.82) is 0 Å². The molecule has 0 bridgehead atoms. The van der Waals surface area contributed by atoms with E-state index < -0.39 is 0 Å². The maximum atomic E-state index is 3.23. The van der Waals surface area contributed by atoms with Crippen LogP contribution in [0.15, 0.2) is 30.3 Å². The molecule has 0 aliphatic carbocycles. The maximum absolute atomic E-state index is 3.23. The zero-order valence-electron chi connectivity index (χ0n) is 17.0. The van der Waals surface area contributed by atoms with Crippen LogP contribution < -0.4 is 0 Å². The molecule has 0 saturated carbocycles. The Kier molecular flexibility index (Phi) is 14.5. The Hall–Kier alpha value is -0.390. The van der Waals surface area contributed by atoms with Crippen molar-refractivity contribution >= 4 is 9.24 Å². The average Bonchev–Trinajstić information content (AvgIpc) is 2.63. The summed E-state index contributed by atoms with van der Waals surface area (Å²) in [5.74, 6) is 0.792. The van der Waals surface area contributed by atoms with E-state index in [1.54, 1.807) is 0 Å². The van der Waals surface area contributed by atoms with E-state index in [0.717, 1.165) is 5.92 Å². The lowest BCUT2D eigenvalue weighted by Gasteiger charge is -2.36. The molecule has 2 unspecified atom stereocenters. The van der Waals surface area contributed by atoms with Crippen molar-refractivity contribution in [2.24, 2.45) is 5.92 Å². The summed E-state index contributed by atoms with van der Waals surface area (Å²) in [6.45, 7) is 7.02. The highest BCUT2D eigenvalue weighted by Crippen LogP contribution is 2.40. The SMILES string of the molecule is CCCCCCCCCCC(Cc1ccccc1)C(P)(CC)CC.O. The van der Waals surface area contributed by atoms with Gasteiger partial charge in [-0.05, 0) is 42.3 Å². The summed E-state index contributed by atoms with van der Waals surface area (Å²) in [7, 11) is 3.23. The zero-order valence-corrected chi connectivity index (χ0v) is 18.2. The molecule has 0 fully saturated rings. The minimum atomic E-state index is 0. The molecule has 0 amide bonds. The molecule has 1 rings (SSSR count). The second kappa shape index (κ2) is 14.7. The van der Waals surface area contributed by atoms with E-state index in [1.165, 1.54) is 82.6 Å². The van der Waals surface area contributed by atoms with Crippen LogP contribution in [0, 0.1) is 5.92 Å². The molecule has 1 nitrogen and oxygen atoms in total. The largest absolute Gasteiger partial charge is 0.412 e. The Balaban J connectivity index is 0.00000576. The van der Waals surface area contributed by atoms with E-state index in [9.17, 15) is 0 Å². The summed E-state index contributed by atoms with van der Waals surface area (Å²) in [6.07, 6.45) is 16.5. The fraction of sp³-hybridized carbons (Fsp3) is 0.739. The van der Waals surface area contributed by atoms with Crippen LogP contribution in [-0.2, 0) is 6.42 Å². The van der Waals surface area contributed by atoms with Crippen molar-refractivity contribution in [3.05, 3.63) is 35.9 Å². The Labute approximate surface area is 159 Å². The smallest absolute Gasteiger partial charge is 0.0124 e. The second-order valence-corrected chi connectivity index (χ2v) is 8.74. The van der Waals surface area contributed by atoms with Crippen LogP contribution in [0.25, 0.3) is 0 Å². The molecule has 0 saturated heterocycles. The number of unbranched alkanes of at least 4 members (excludes halogenated alkanes) is 7. The van der Waals surface area contributed by atoms with Crippen LogP contribution in [0.2, 0.25) is 0 Å². The van der Waals surface area contributed by atoms with Gasteiger partial charge in [0.05, 0.1) is 0 Å². The summed E-state index contributed by atoms with van der Waals surface area (Å²) >= 11 is 0. The quantitative estimate of drug-likeness (QED) is 0.251. The lowest BCUT2D eigenvalue weighted by Crippen LogP contribution is -2.31. The topological polar surface area (TPSA) is 31.5 Å². The first kappa shape index (κ1) is 24.6. The van der Waals surface area contributed by atoms with Crippen molar-refractivity contribution in [1.82, 2.24) is 0 Å². The summed E-state index contributed by atoms with van der Waals surface area (Å²) < 4.78 is 0. The molecule has 0 heterocycles. The van der Waals surface area contributed by atoms with E-state index in [1.807, 2.05) is 0 Å². The van der Waals surface area contributed by atoms with Crippen molar-refractivity contribution in [2.75, 3.05) is 0 Å². The van der Waals surface area contributed by atoms with Crippen molar-refractivity contribution in [2.45, 2.75) is 103 Å². The Morgan fingerprint density at radius 1 is 0.800 bits per heavy atom. The number of hydrogen-bond donors (Lipinski definition) is 0. The van der Waals surface area contributed by atoms with E-state index in [-0.39, 0.29) is 5.48 Å². The van der Waals surface area contributed by atoms with Gasteiger partial charge in [0, 0.05) is 0 Å². The summed E-state index contributed by atoms with van der Waals surface area (Å²) in [5.41, 5.74) is 1.51. The third-order valence-electron chi connectivity index (χ3n) is 5.86. The molecule has 0 aliphatic rings. The van der Waals surface area contributed by atoms with Crippen LogP contribution in [0.1, 0.15) is 97.0 Å². The third-order valence-corrected chi connectivity index (χ3v) is 7.15. The molecule has 2 N–H and O–H groups in total. The van der Waals surface area contributed by atoms with Gasteiger partial charge in [-0.15, -0.1) is 9.24 Å². The minimum Gasteiger partial charge on any atom is -0.412 e. The fourth-order valence-corrected chi connectivity index (χ4v) is 4.13. The first-order valence-corrected chi connectivity index (χ1v) is 11.1. The highest BCUT2D eigenvalue weighted by atomic mass is 31.0. The molecule has 1 aromatic carbocycles. The van der Waals surface area contributed by atoms with E-state index in [2.05, 4.69) is 60.3 Å². The van der Waals surface area contributed by atoms with Crippen LogP contribution in [0.5, 0.6) is 0 Å².